The van der Waals surface area contributed by atoms with Gasteiger partial charge in [-0.05, 0) is 59.2 Å². The van der Waals surface area contributed by atoms with Crippen LogP contribution in [0.5, 0.6) is 0 Å². The second-order valence-electron chi connectivity index (χ2n) is 12.6. The first-order chi connectivity index (χ1) is 24.2. The van der Waals surface area contributed by atoms with E-state index in [9.17, 15) is 4.79 Å². The van der Waals surface area contributed by atoms with Gasteiger partial charge < -0.3 is 4.57 Å². The van der Waals surface area contributed by atoms with E-state index in [1.165, 1.54) is 27.5 Å². The second-order valence-corrected chi connectivity index (χ2v) is 12.6. The van der Waals surface area contributed by atoms with Gasteiger partial charge in [0.05, 0.1) is 28.3 Å². The highest BCUT2D eigenvalue weighted by Gasteiger charge is 2.24. The molecule has 0 saturated carbocycles. The summed E-state index contributed by atoms with van der Waals surface area (Å²) in [7, 11) is 0. The Bertz CT molecular complexity index is 2870. The molecule has 0 N–H and O–H groups in total. The first-order valence-corrected chi connectivity index (χ1v) is 16.5. The van der Waals surface area contributed by atoms with Gasteiger partial charge in [0.1, 0.15) is 0 Å². The van der Waals surface area contributed by atoms with E-state index in [0.29, 0.717) is 23.1 Å². The molecule has 0 saturated heterocycles. The zero-order chi connectivity index (χ0) is 32.5. The molecule has 1 aliphatic rings. The van der Waals surface area contributed by atoms with Crippen molar-refractivity contribution in [3.05, 3.63) is 179 Å². The van der Waals surface area contributed by atoms with E-state index in [2.05, 4.69) is 102 Å². The van der Waals surface area contributed by atoms with Crippen LogP contribution in [-0.4, -0.2) is 19.1 Å². The number of pyridine rings is 1. The molecule has 0 spiro atoms. The van der Waals surface area contributed by atoms with Crippen molar-refractivity contribution >= 4 is 55.3 Å². The molecular weight excluding hydrogens is 601 g/mol. The predicted octanol–water partition coefficient (Wildman–Crippen LogP) is 9.79. The maximum atomic E-state index is 13.9. The van der Waals surface area contributed by atoms with E-state index < -0.39 is 0 Å². The predicted molar refractivity (Wildman–Crippen MR) is 200 cm³/mol. The van der Waals surface area contributed by atoms with Crippen molar-refractivity contribution in [1.29, 1.82) is 0 Å². The van der Waals surface area contributed by atoms with Crippen molar-refractivity contribution in [2.75, 3.05) is 0 Å². The molecule has 3 heterocycles. The second kappa shape index (κ2) is 10.7. The number of hydrogen-bond acceptors (Lipinski definition) is 3. The highest BCUT2D eigenvalue weighted by molar-refractivity contribution is 6.15. The van der Waals surface area contributed by atoms with Crippen molar-refractivity contribution in [3.8, 4) is 22.5 Å². The van der Waals surface area contributed by atoms with Crippen molar-refractivity contribution < 1.29 is 0 Å². The molecule has 5 heteroatoms. The Labute approximate surface area is 281 Å². The zero-order valence-electron chi connectivity index (χ0n) is 26.4. The average molecular weight is 629 g/mol. The summed E-state index contributed by atoms with van der Waals surface area (Å²) < 4.78 is 4.12. The number of nitrogens with zero attached hydrogens (tertiary/aromatic N) is 4. The molecule has 6 aromatic carbocycles. The fourth-order valence-electron chi connectivity index (χ4n) is 7.65. The zero-order valence-corrected chi connectivity index (χ0v) is 26.4. The van der Waals surface area contributed by atoms with Crippen LogP contribution in [0.3, 0.4) is 0 Å². The number of fused-ring (bicyclic) bond motifs is 10. The van der Waals surface area contributed by atoms with Gasteiger partial charge in [0, 0.05) is 50.5 Å². The third-order valence-corrected chi connectivity index (χ3v) is 9.82. The number of rotatable bonds is 3. The smallest absolute Gasteiger partial charge is 0.263 e. The SMILES string of the molecule is O=c1c2ccccc2c2nc(C3=Cc4c(ccc5c6ccccc6n(-c6ccccc6)c45)-c4ccccc4C3)ncc2n1-c1ccccc1. The standard InChI is InChI=1S/C44H28N4O/c49-44-37-21-10-9-20-35(37)41-40(48(44)31-16-5-2-6-17-31)27-45-43(46-41)29-25-28-13-7-8-18-32(28)33-23-24-36-34-19-11-12-22-39(34)47(42(36)38(33)26-29)30-14-3-1-4-15-30/h1-24,26-27H,25H2. The van der Waals surface area contributed by atoms with Gasteiger partial charge in [-0.2, -0.15) is 0 Å². The molecule has 1 aliphatic carbocycles. The summed E-state index contributed by atoms with van der Waals surface area (Å²) in [4.78, 5) is 24.2. The van der Waals surface area contributed by atoms with Crippen molar-refractivity contribution in [2.45, 2.75) is 6.42 Å². The molecule has 230 valence electrons. The quantitative estimate of drug-likeness (QED) is 0.183. The lowest BCUT2D eigenvalue weighted by Crippen LogP contribution is -2.20. The fourth-order valence-corrected chi connectivity index (χ4v) is 7.65. The van der Waals surface area contributed by atoms with Gasteiger partial charge in [0.25, 0.3) is 5.56 Å². The first-order valence-electron chi connectivity index (χ1n) is 16.5. The van der Waals surface area contributed by atoms with Crippen molar-refractivity contribution in [3.63, 3.8) is 0 Å². The van der Waals surface area contributed by atoms with Crippen LogP contribution in [0.1, 0.15) is 17.0 Å². The van der Waals surface area contributed by atoms with E-state index in [-0.39, 0.29) is 5.56 Å². The van der Waals surface area contributed by atoms with Crippen molar-refractivity contribution in [1.82, 2.24) is 19.1 Å². The van der Waals surface area contributed by atoms with Crippen LogP contribution in [0, 0.1) is 0 Å². The molecule has 0 atom stereocenters. The number of hydrogen-bond donors (Lipinski definition) is 0. The van der Waals surface area contributed by atoms with Gasteiger partial charge in [0.15, 0.2) is 5.82 Å². The summed E-state index contributed by atoms with van der Waals surface area (Å²) >= 11 is 0. The number of aromatic nitrogens is 4. The van der Waals surface area contributed by atoms with Crippen LogP contribution in [0.2, 0.25) is 0 Å². The van der Waals surface area contributed by atoms with Gasteiger partial charge in [0.2, 0.25) is 0 Å². The molecule has 5 nitrogen and oxygen atoms in total. The lowest BCUT2D eigenvalue weighted by molar-refractivity contribution is 1.03. The third-order valence-electron chi connectivity index (χ3n) is 9.82. The normalized spacial score (nSPS) is 12.6. The lowest BCUT2D eigenvalue weighted by atomic mass is 9.94. The number of benzene rings is 6. The first kappa shape index (κ1) is 27.5. The molecule has 0 amide bonds. The minimum atomic E-state index is -0.0849. The Hall–Kier alpha value is -6.59. The van der Waals surface area contributed by atoms with Crippen LogP contribution in [0.4, 0.5) is 0 Å². The van der Waals surface area contributed by atoms with Gasteiger partial charge >= 0.3 is 0 Å². The number of para-hydroxylation sites is 3. The Morgan fingerprint density at radius 1 is 0.531 bits per heavy atom. The molecule has 10 rings (SSSR count). The summed E-state index contributed by atoms with van der Waals surface area (Å²) in [5, 5.41) is 3.86. The summed E-state index contributed by atoms with van der Waals surface area (Å²) in [6.45, 7) is 0. The van der Waals surface area contributed by atoms with Crippen molar-refractivity contribution in [2.24, 2.45) is 0 Å². The molecular formula is C44H28N4O. The fraction of sp³-hybridized carbons (Fsp3) is 0.0227. The molecule has 0 fully saturated rings. The maximum Gasteiger partial charge on any atom is 0.263 e. The number of allylic oxidation sites excluding steroid dienone is 1. The molecule has 3 aromatic heterocycles. The van der Waals surface area contributed by atoms with E-state index in [1.807, 2.05) is 60.8 Å². The molecule has 49 heavy (non-hydrogen) atoms. The van der Waals surface area contributed by atoms with Gasteiger partial charge in [-0.15, -0.1) is 0 Å². The topological polar surface area (TPSA) is 52.7 Å². The maximum absolute atomic E-state index is 13.9. The van der Waals surface area contributed by atoms with Crippen LogP contribution in [0.25, 0.3) is 77.8 Å². The van der Waals surface area contributed by atoms with E-state index in [0.717, 1.165) is 44.4 Å². The Morgan fingerprint density at radius 2 is 1.18 bits per heavy atom. The Balaban J connectivity index is 1.30. The summed E-state index contributed by atoms with van der Waals surface area (Å²) in [6.07, 6.45) is 4.78. The molecule has 0 unspecified atom stereocenters. The molecule has 0 radical (unpaired) electrons. The van der Waals surface area contributed by atoms with Crippen LogP contribution >= 0.6 is 0 Å². The van der Waals surface area contributed by atoms with Crippen LogP contribution in [0.15, 0.2) is 157 Å². The van der Waals surface area contributed by atoms with Gasteiger partial charge in [-0.25, -0.2) is 9.97 Å². The van der Waals surface area contributed by atoms with Gasteiger partial charge in [-0.1, -0.05) is 109 Å². The Kier molecular flexibility index (Phi) is 6.02. The summed E-state index contributed by atoms with van der Waals surface area (Å²) in [5.74, 6) is 0.651. The third kappa shape index (κ3) is 4.16. The molecule has 0 aliphatic heterocycles. The highest BCUT2D eigenvalue weighted by Crippen LogP contribution is 2.43. The summed E-state index contributed by atoms with van der Waals surface area (Å²) in [6, 6.07) is 49.9. The average Bonchev–Trinajstić information content (AvgIpc) is 3.40. The Morgan fingerprint density at radius 3 is 1.98 bits per heavy atom. The minimum absolute atomic E-state index is 0.0849. The minimum Gasteiger partial charge on any atom is -0.309 e. The van der Waals surface area contributed by atoms with E-state index >= 15 is 0 Å². The largest absolute Gasteiger partial charge is 0.309 e. The van der Waals surface area contributed by atoms with Crippen LogP contribution < -0.4 is 5.56 Å². The lowest BCUT2D eigenvalue weighted by Gasteiger charge is -2.14. The molecule has 9 aromatic rings. The highest BCUT2D eigenvalue weighted by atomic mass is 16.1. The van der Waals surface area contributed by atoms with E-state index in [4.69, 9.17) is 9.97 Å². The van der Waals surface area contributed by atoms with Gasteiger partial charge in [-0.3, -0.25) is 9.36 Å². The van der Waals surface area contributed by atoms with Crippen LogP contribution in [-0.2, 0) is 6.42 Å². The van der Waals surface area contributed by atoms with E-state index in [1.54, 1.807) is 4.57 Å². The monoisotopic (exact) mass is 628 g/mol. The molecule has 0 bridgehead atoms. The summed E-state index contributed by atoms with van der Waals surface area (Å²) in [5.41, 5.74) is 11.3.